The number of likely N-dealkylation sites (tertiary alicyclic amines) is 1. The highest BCUT2D eigenvalue weighted by Crippen LogP contribution is 2.26. The zero-order chi connectivity index (χ0) is 13.1. The van der Waals surface area contributed by atoms with Crippen LogP contribution in [0.5, 0.6) is 5.75 Å². The van der Waals surface area contributed by atoms with Crippen LogP contribution in [0.15, 0.2) is 18.2 Å². The van der Waals surface area contributed by atoms with E-state index in [2.05, 4.69) is 6.92 Å². The molecule has 1 aliphatic rings. The Morgan fingerprint density at radius 2 is 2.33 bits per heavy atom. The second-order valence-corrected chi connectivity index (χ2v) is 5.27. The van der Waals surface area contributed by atoms with Crippen molar-refractivity contribution >= 4 is 17.5 Å². The number of amides is 1. The van der Waals surface area contributed by atoms with Crippen LogP contribution in [0, 0.1) is 5.92 Å². The van der Waals surface area contributed by atoms with Gasteiger partial charge in [-0.1, -0.05) is 24.9 Å². The summed E-state index contributed by atoms with van der Waals surface area (Å²) in [4.78, 5) is 14.1. The van der Waals surface area contributed by atoms with Gasteiger partial charge in [0.15, 0.2) is 0 Å². The quantitative estimate of drug-likeness (QED) is 0.913. The summed E-state index contributed by atoms with van der Waals surface area (Å²) < 4.78 is 0. The van der Waals surface area contributed by atoms with Gasteiger partial charge >= 0.3 is 0 Å². The molecule has 1 saturated heterocycles. The predicted molar refractivity (Wildman–Crippen MR) is 72.0 cm³/mol. The first-order valence-electron chi connectivity index (χ1n) is 6.39. The minimum Gasteiger partial charge on any atom is -0.506 e. The molecule has 1 N–H and O–H groups in total. The maximum Gasteiger partial charge on any atom is 0.253 e. The molecule has 1 fully saturated rings. The Labute approximate surface area is 112 Å². The normalized spacial score (nSPS) is 19.2. The van der Waals surface area contributed by atoms with Crippen molar-refractivity contribution in [2.24, 2.45) is 5.92 Å². The van der Waals surface area contributed by atoms with Crippen LogP contribution in [0.4, 0.5) is 0 Å². The highest BCUT2D eigenvalue weighted by atomic mass is 35.5. The van der Waals surface area contributed by atoms with Crippen LogP contribution in [0.25, 0.3) is 0 Å². The molecule has 0 aromatic heterocycles. The minimum atomic E-state index is 0.00973. The minimum absolute atomic E-state index is 0.00973. The van der Waals surface area contributed by atoms with Gasteiger partial charge in [0.2, 0.25) is 0 Å². The maximum atomic E-state index is 12.2. The summed E-state index contributed by atoms with van der Waals surface area (Å²) in [6.07, 6.45) is 3.43. The van der Waals surface area contributed by atoms with Crippen molar-refractivity contribution in [3.63, 3.8) is 0 Å². The van der Waals surface area contributed by atoms with Crippen LogP contribution in [0.2, 0.25) is 5.02 Å². The van der Waals surface area contributed by atoms with E-state index in [0.717, 1.165) is 25.9 Å². The number of carbonyl (C=O) groups is 1. The van der Waals surface area contributed by atoms with Gasteiger partial charge in [0.25, 0.3) is 5.91 Å². The Kier molecular flexibility index (Phi) is 4.12. The van der Waals surface area contributed by atoms with E-state index in [0.29, 0.717) is 11.5 Å². The predicted octanol–water partition coefficient (Wildman–Crippen LogP) is 3.31. The summed E-state index contributed by atoms with van der Waals surface area (Å²) in [5.74, 6) is 0.653. The Bertz CT molecular complexity index is 447. The van der Waals surface area contributed by atoms with Gasteiger partial charge in [0.1, 0.15) is 5.75 Å². The van der Waals surface area contributed by atoms with Crippen LogP contribution < -0.4 is 0 Å². The number of phenols is 1. The lowest BCUT2D eigenvalue weighted by Gasteiger charge is -2.16. The van der Waals surface area contributed by atoms with Gasteiger partial charge in [0.05, 0.1) is 5.02 Å². The number of hydrogen-bond acceptors (Lipinski definition) is 2. The number of hydrogen-bond donors (Lipinski definition) is 1. The average molecular weight is 268 g/mol. The standard InChI is InChI=1S/C14H18ClNO2/c1-2-3-10-6-7-16(9-10)14(18)11-4-5-13(17)12(15)8-11/h4-5,8,10,17H,2-3,6-7,9H2,1H3. The number of nitrogens with zero attached hydrogens (tertiary/aromatic N) is 1. The van der Waals surface area contributed by atoms with Gasteiger partial charge in [-0.25, -0.2) is 0 Å². The maximum absolute atomic E-state index is 12.2. The third-order valence-electron chi connectivity index (χ3n) is 3.46. The molecule has 98 valence electrons. The third kappa shape index (κ3) is 2.78. The van der Waals surface area contributed by atoms with Gasteiger partial charge in [-0.05, 0) is 37.0 Å². The molecule has 0 bridgehead atoms. The molecule has 3 nitrogen and oxygen atoms in total. The lowest BCUT2D eigenvalue weighted by Crippen LogP contribution is -2.28. The molecule has 1 aliphatic heterocycles. The topological polar surface area (TPSA) is 40.5 Å². The summed E-state index contributed by atoms with van der Waals surface area (Å²) in [5.41, 5.74) is 0.551. The monoisotopic (exact) mass is 267 g/mol. The zero-order valence-electron chi connectivity index (χ0n) is 10.5. The highest BCUT2D eigenvalue weighted by molar-refractivity contribution is 6.32. The van der Waals surface area contributed by atoms with E-state index in [9.17, 15) is 9.90 Å². The molecule has 4 heteroatoms. The molecule has 1 heterocycles. The smallest absolute Gasteiger partial charge is 0.253 e. The third-order valence-corrected chi connectivity index (χ3v) is 3.77. The molecule has 2 rings (SSSR count). The molecule has 0 spiro atoms. The van der Waals surface area contributed by atoms with Crippen molar-refractivity contribution in [3.8, 4) is 5.75 Å². The Morgan fingerprint density at radius 1 is 1.56 bits per heavy atom. The van der Waals surface area contributed by atoms with Gasteiger partial charge in [0, 0.05) is 18.7 Å². The van der Waals surface area contributed by atoms with E-state index in [4.69, 9.17) is 11.6 Å². The molecule has 1 amide bonds. The zero-order valence-corrected chi connectivity index (χ0v) is 11.3. The summed E-state index contributed by atoms with van der Waals surface area (Å²) >= 11 is 5.82. The van der Waals surface area contributed by atoms with E-state index in [-0.39, 0.29) is 16.7 Å². The van der Waals surface area contributed by atoms with Gasteiger partial charge in [-0.2, -0.15) is 0 Å². The molecule has 1 aromatic rings. The van der Waals surface area contributed by atoms with Crippen molar-refractivity contribution < 1.29 is 9.90 Å². The van der Waals surface area contributed by atoms with E-state index >= 15 is 0 Å². The highest BCUT2D eigenvalue weighted by Gasteiger charge is 2.26. The van der Waals surface area contributed by atoms with Crippen molar-refractivity contribution in [2.45, 2.75) is 26.2 Å². The first-order valence-corrected chi connectivity index (χ1v) is 6.77. The Balaban J connectivity index is 2.05. The second kappa shape index (κ2) is 5.61. The first-order chi connectivity index (χ1) is 8.61. The van der Waals surface area contributed by atoms with Crippen LogP contribution in [0.3, 0.4) is 0 Å². The average Bonchev–Trinajstić information content (AvgIpc) is 2.81. The summed E-state index contributed by atoms with van der Waals surface area (Å²) in [6, 6.07) is 4.62. The van der Waals surface area contributed by atoms with E-state index in [1.165, 1.54) is 18.6 Å². The van der Waals surface area contributed by atoms with E-state index in [1.807, 2.05) is 4.90 Å². The van der Waals surface area contributed by atoms with Crippen molar-refractivity contribution in [2.75, 3.05) is 13.1 Å². The largest absolute Gasteiger partial charge is 0.506 e. The lowest BCUT2D eigenvalue weighted by molar-refractivity contribution is 0.0786. The van der Waals surface area contributed by atoms with Crippen LogP contribution in [0.1, 0.15) is 36.5 Å². The van der Waals surface area contributed by atoms with Gasteiger partial charge < -0.3 is 10.0 Å². The fraction of sp³-hybridized carbons (Fsp3) is 0.500. The fourth-order valence-electron chi connectivity index (χ4n) is 2.48. The number of benzene rings is 1. The first kappa shape index (κ1) is 13.2. The molecule has 0 aliphatic carbocycles. The molecule has 18 heavy (non-hydrogen) atoms. The summed E-state index contributed by atoms with van der Waals surface area (Å²) in [6.45, 7) is 3.83. The van der Waals surface area contributed by atoms with E-state index < -0.39 is 0 Å². The van der Waals surface area contributed by atoms with Crippen LogP contribution in [-0.2, 0) is 0 Å². The molecule has 0 radical (unpaired) electrons. The number of carbonyl (C=O) groups excluding carboxylic acids is 1. The summed E-state index contributed by atoms with van der Waals surface area (Å²) in [5, 5.41) is 9.57. The van der Waals surface area contributed by atoms with Crippen LogP contribution in [-0.4, -0.2) is 29.0 Å². The Hall–Kier alpha value is -1.22. The van der Waals surface area contributed by atoms with Crippen LogP contribution >= 0.6 is 11.6 Å². The summed E-state index contributed by atoms with van der Waals surface area (Å²) in [7, 11) is 0. The van der Waals surface area contributed by atoms with Gasteiger partial charge in [-0.15, -0.1) is 0 Å². The Morgan fingerprint density at radius 3 is 3.00 bits per heavy atom. The SMILES string of the molecule is CCCC1CCN(C(=O)c2ccc(O)c(Cl)c2)C1. The number of phenolic OH excluding ortho intramolecular Hbond substituents is 1. The fourth-order valence-corrected chi connectivity index (χ4v) is 2.66. The number of rotatable bonds is 3. The van der Waals surface area contributed by atoms with E-state index in [1.54, 1.807) is 6.07 Å². The van der Waals surface area contributed by atoms with Crippen molar-refractivity contribution in [3.05, 3.63) is 28.8 Å². The molecule has 0 saturated carbocycles. The molecule has 1 atom stereocenters. The molecular weight excluding hydrogens is 250 g/mol. The molecule has 1 unspecified atom stereocenters. The van der Waals surface area contributed by atoms with Crippen molar-refractivity contribution in [1.29, 1.82) is 0 Å². The lowest BCUT2D eigenvalue weighted by atomic mass is 10.0. The number of aromatic hydroxyl groups is 1. The number of halogens is 1. The molecular formula is C14H18ClNO2. The van der Waals surface area contributed by atoms with Gasteiger partial charge in [-0.3, -0.25) is 4.79 Å². The molecule has 1 aromatic carbocycles. The second-order valence-electron chi connectivity index (χ2n) is 4.86. The van der Waals surface area contributed by atoms with Crippen molar-refractivity contribution in [1.82, 2.24) is 4.90 Å².